The summed E-state index contributed by atoms with van der Waals surface area (Å²) in [5.74, 6) is -2.95. The summed E-state index contributed by atoms with van der Waals surface area (Å²) in [6, 6.07) is -0.680. The maximum absolute atomic E-state index is 14.3. The van der Waals surface area contributed by atoms with Gasteiger partial charge in [0.2, 0.25) is 11.8 Å². The molecule has 0 aromatic heterocycles. The zero-order valence-corrected chi connectivity index (χ0v) is 33.9. The minimum Gasteiger partial charge on any atom is -0.457 e. The number of methoxy groups -OCH3 is 1. The first-order valence-electron chi connectivity index (χ1n) is 19.3. The number of hydrogen-bond acceptors (Lipinski definition) is 12. The Labute approximate surface area is 316 Å². The van der Waals surface area contributed by atoms with E-state index in [1.807, 2.05) is 58.8 Å². The number of amides is 2. The maximum atomic E-state index is 14.3. The Balaban J connectivity index is 1.78. The molecule has 0 saturated carbocycles. The number of likely N-dealkylation sites (N-methyl/N-ethyl adjacent to an activating group) is 1. The molecule has 0 aromatic rings. The highest BCUT2D eigenvalue weighted by molar-refractivity contribution is 5.83. The Morgan fingerprint density at radius 3 is 2.30 bits per heavy atom. The quantitative estimate of drug-likeness (QED) is 0.258. The van der Waals surface area contributed by atoms with E-state index in [-0.39, 0.29) is 42.7 Å². The van der Waals surface area contributed by atoms with Gasteiger partial charge in [0, 0.05) is 52.0 Å². The number of esters is 1. The molecular formula is C39H67N3O11. The highest BCUT2D eigenvalue weighted by Gasteiger charge is 2.52. The van der Waals surface area contributed by atoms with E-state index in [9.17, 15) is 24.6 Å². The second kappa shape index (κ2) is 17.7. The third-order valence-electron chi connectivity index (χ3n) is 11.9. The molecule has 14 nitrogen and oxygen atoms in total. The van der Waals surface area contributed by atoms with Crippen molar-refractivity contribution in [1.82, 2.24) is 15.1 Å². The number of aliphatic hydroxyl groups excluding tert-OH is 1. The maximum Gasteiger partial charge on any atom is 0.303 e. The fourth-order valence-corrected chi connectivity index (χ4v) is 9.10. The first-order chi connectivity index (χ1) is 24.7. The van der Waals surface area contributed by atoms with Crippen molar-refractivity contribution in [2.75, 3.05) is 34.8 Å². The van der Waals surface area contributed by atoms with E-state index in [1.165, 1.54) is 6.92 Å². The largest absolute Gasteiger partial charge is 0.457 e. The van der Waals surface area contributed by atoms with Crippen molar-refractivity contribution in [2.45, 2.75) is 160 Å². The van der Waals surface area contributed by atoms with Crippen molar-refractivity contribution in [3.8, 4) is 0 Å². The molecule has 2 amide bonds. The van der Waals surface area contributed by atoms with Crippen LogP contribution in [0.25, 0.3) is 0 Å². The van der Waals surface area contributed by atoms with Crippen LogP contribution < -0.4 is 5.32 Å². The number of rotatable bonds is 7. The second-order valence-corrected chi connectivity index (χ2v) is 16.9. The van der Waals surface area contributed by atoms with Gasteiger partial charge in [-0.15, -0.1) is 0 Å². The number of carbonyl (C=O) groups excluding carboxylic acids is 3. The van der Waals surface area contributed by atoms with Crippen LogP contribution in [0.1, 0.15) is 87.5 Å². The van der Waals surface area contributed by atoms with Gasteiger partial charge in [-0.25, -0.2) is 0 Å². The van der Waals surface area contributed by atoms with E-state index in [0.29, 0.717) is 25.8 Å². The van der Waals surface area contributed by atoms with Crippen molar-refractivity contribution >= 4 is 17.8 Å². The van der Waals surface area contributed by atoms with E-state index in [0.717, 1.165) is 0 Å². The minimum absolute atomic E-state index is 0.0713. The molecule has 3 heterocycles. The van der Waals surface area contributed by atoms with Gasteiger partial charge in [0.25, 0.3) is 0 Å². The van der Waals surface area contributed by atoms with Crippen LogP contribution in [0.15, 0.2) is 12.2 Å². The molecule has 3 N–H and O–H groups in total. The van der Waals surface area contributed by atoms with Crippen molar-refractivity contribution < 1.29 is 53.0 Å². The number of allylic oxidation sites excluding steroid dienone is 1. The Hall–Kier alpha value is -2.17. The number of nitrogens with one attached hydrogen (secondary N) is 1. The first-order valence-corrected chi connectivity index (χ1v) is 19.3. The SMILES string of the molecule is CO[C@]1(C)C[C@H](O[C@H]2[C@H](C)[C@@H](O[C@@H]3O[C@H](C)C[C@H](N(C)C)[C@H]3O)[C@](C)(O)C[C@@H](C)CN(C)C(=O)[C@@H]3CC=CC[C@@H]3NC(=O)[C@@H]2C)O[C@@H](C)[C@@H]1OC(C)=O. The zero-order valence-electron chi connectivity index (χ0n) is 33.9. The lowest BCUT2D eigenvalue weighted by Crippen LogP contribution is -2.61. The van der Waals surface area contributed by atoms with Crippen molar-refractivity contribution in [3.63, 3.8) is 0 Å². The number of aliphatic hydroxyl groups is 2. The molecule has 0 radical (unpaired) electrons. The Morgan fingerprint density at radius 2 is 1.68 bits per heavy atom. The van der Waals surface area contributed by atoms with Gasteiger partial charge in [-0.2, -0.15) is 0 Å². The Bertz CT molecular complexity index is 1300. The number of hydrogen-bond donors (Lipinski definition) is 3. The lowest BCUT2D eigenvalue weighted by Gasteiger charge is -2.49. The summed E-state index contributed by atoms with van der Waals surface area (Å²) in [7, 11) is 7.09. The normalized spacial score (nSPS) is 44.9. The van der Waals surface area contributed by atoms with Crippen LogP contribution in [0.2, 0.25) is 0 Å². The first kappa shape index (κ1) is 43.6. The average Bonchev–Trinajstić information content (AvgIpc) is 3.07. The lowest BCUT2D eigenvalue weighted by atomic mass is 9.77. The molecule has 0 unspecified atom stereocenters. The van der Waals surface area contributed by atoms with E-state index < -0.39 is 84.1 Å². The number of nitrogens with zero attached hydrogens (tertiary/aromatic N) is 2. The standard InChI is InChI=1S/C39H67N3O11/c1-21-18-38(7,47)33(53-37-31(44)29(41(9)10)17-22(2)49-37)23(3)32(52-30-19-39(8,48-12)34(25(5)50-30)51-26(6)43)24(4)35(45)40-28-16-14-13-15-27(28)36(46)42(11)20-21/h13-14,21-25,27-34,37,44,47H,15-20H2,1-12H3,(H,40,45)/t21-,22-,23+,24-,25+,27-,28+,29+,30+,31-,32+,33-,34+,37+,38-,39-/m1/s1. The zero-order chi connectivity index (χ0) is 39.6. The molecule has 4 rings (SSSR count). The summed E-state index contributed by atoms with van der Waals surface area (Å²) >= 11 is 0. The van der Waals surface area contributed by atoms with E-state index in [4.69, 9.17) is 28.4 Å². The van der Waals surface area contributed by atoms with Crippen LogP contribution in [-0.4, -0.2) is 145 Å². The highest BCUT2D eigenvalue weighted by Crippen LogP contribution is 2.40. The topological polar surface area (TPSA) is 166 Å². The molecule has 0 aromatic carbocycles. The molecule has 0 bridgehead atoms. The summed E-state index contributed by atoms with van der Waals surface area (Å²) in [5.41, 5.74) is -2.52. The molecule has 1 aliphatic carbocycles. The summed E-state index contributed by atoms with van der Waals surface area (Å²) in [5, 5.41) is 27.2. The predicted octanol–water partition coefficient (Wildman–Crippen LogP) is 2.63. The van der Waals surface area contributed by atoms with Gasteiger partial charge in [0.15, 0.2) is 18.7 Å². The molecule has 3 aliphatic heterocycles. The second-order valence-electron chi connectivity index (χ2n) is 16.9. The monoisotopic (exact) mass is 753 g/mol. The molecule has 4 aliphatic rings. The van der Waals surface area contributed by atoms with Gasteiger partial charge in [0.1, 0.15) is 11.7 Å². The van der Waals surface area contributed by atoms with E-state index in [1.54, 1.807) is 39.8 Å². The molecule has 16 atom stereocenters. The molecule has 3 fully saturated rings. The van der Waals surface area contributed by atoms with Crippen molar-refractivity contribution in [1.29, 1.82) is 0 Å². The summed E-state index contributed by atoms with van der Waals surface area (Å²) in [6.07, 6.45) is -0.539. The van der Waals surface area contributed by atoms with Gasteiger partial charge in [0.05, 0.1) is 41.9 Å². The van der Waals surface area contributed by atoms with Crippen LogP contribution in [0.3, 0.4) is 0 Å². The summed E-state index contributed by atoms with van der Waals surface area (Å²) in [6.45, 7) is 14.6. The molecule has 304 valence electrons. The number of ether oxygens (including phenoxy) is 6. The Kier molecular flexibility index (Phi) is 14.6. The van der Waals surface area contributed by atoms with Gasteiger partial charge in [-0.1, -0.05) is 32.9 Å². The summed E-state index contributed by atoms with van der Waals surface area (Å²) in [4.78, 5) is 43.8. The van der Waals surface area contributed by atoms with Crippen LogP contribution >= 0.6 is 0 Å². The van der Waals surface area contributed by atoms with Crippen molar-refractivity contribution in [3.05, 3.63) is 12.2 Å². The molecule has 0 spiro atoms. The van der Waals surface area contributed by atoms with Crippen molar-refractivity contribution in [2.24, 2.45) is 23.7 Å². The van der Waals surface area contributed by atoms with Gasteiger partial charge in [-0.05, 0) is 73.4 Å². The lowest BCUT2D eigenvalue weighted by molar-refractivity contribution is -0.318. The smallest absolute Gasteiger partial charge is 0.303 e. The van der Waals surface area contributed by atoms with Crippen LogP contribution in [0, 0.1) is 23.7 Å². The predicted molar refractivity (Wildman–Crippen MR) is 196 cm³/mol. The van der Waals surface area contributed by atoms with Crippen LogP contribution in [0.4, 0.5) is 0 Å². The minimum atomic E-state index is -1.54. The van der Waals surface area contributed by atoms with Gasteiger partial charge in [-0.3, -0.25) is 14.4 Å². The van der Waals surface area contributed by atoms with Gasteiger partial charge < -0.3 is 53.8 Å². The molecule has 53 heavy (non-hydrogen) atoms. The number of carbonyl (C=O) groups is 3. The molecular weight excluding hydrogens is 686 g/mol. The summed E-state index contributed by atoms with van der Waals surface area (Å²) < 4.78 is 37.7. The van der Waals surface area contributed by atoms with E-state index >= 15 is 0 Å². The third kappa shape index (κ3) is 10.2. The molecule has 3 saturated heterocycles. The fraction of sp³-hybridized carbons (Fsp3) is 0.872. The third-order valence-corrected chi connectivity index (χ3v) is 11.9. The molecule has 14 heteroatoms. The Morgan fingerprint density at radius 1 is 1.02 bits per heavy atom. The number of fused-ring (bicyclic) bond motifs is 1. The average molecular weight is 754 g/mol. The van der Waals surface area contributed by atoms with Gasteiger partial charge >= 0.3 is 5.97 Å². The van der Waals surface area contributed by atoms with Crippen LogP contribution in [0.5, 0.6) is 0 Å². The van der Waals surface area contributed by atoms with Crippen LogP contribution in [-0.2, 0) is 42.8 Å². The fourth-order valence-electron chi connectivity index (χ4n) is 9.10. The highest BCUT2D eigenvalue weighted by atomic mass is 16.7. The van der Waals surface area contributed by atoms with E-state index in [2.05, 4.69) is 5.32 Å².